The maximum Gasteiger partial charge on any atom is 0.326 e. The summed E-state index contributed by atoms with van der Waals surface area (Å²) in [5.74, 6) is -4.34. The van der Waals surface area contributed by atoms with E-state index in [1.807, 2.05) is 25.1 Å². The van der Waals surface area contributed by atoms with Gasteiger partial charge in [-0.1, -0.05) is 64.4 Å². The zero-order valence-electron chi connectivity index (χ0n) is 21.3. The molecule has 0 bridgehead atoms. The third-order valence-electron chi connectivity index (χ3n) is 6.02. The fraction of sp³-hybridized carbons (Fsp3) is 0.560. The molecule has 1 aromatic carbocycles. The summed E-state index contributed by atoms with van der Waals surface area (Å²) in [5, 5.41) is 17.2. The SMILES string of the molecule is CCC(C)C(NC(=O)C(Cc1ccccc1)NC(=O)C(N)C(C)C)C(=O)NC(CCC(N)=O)C(=O)O. The van der Waals surface area contributed by atoms with Gasteiger partial charge in [0, 0.05) is 12.8 Å². The van der Waals surface area contributed by atoms with Crippen LogP contribution in [0, 0.1) is 11.8 Å². The molecule has 0 radical (unpaired) electrons. The number of hydrogen-bond donors (Lipinski definition) is 6. The van der Waals surface area contributed by atoms with Crippen LogP contribution in [-0.2, 0) is 30.4 Å². The Bertz CT molecular complexity index is 907. The lowest BCUT2D eigenvalue weighted by molar-refractivity contribution is -0.143. The van der Waals surface area contributed by atoms with E-state index in [0.29, 0.717) is 6.42 Å². The number of nitrogens with two attached hydrogens (primary N) is 2. The monoisotopic (exact) mass is 505 g/mol. The number of nitrogens with one attached hydrogen (secondary N) is 3. The smallest absolute Gasteiger partial charge is 0.326 e. The van der Waals surface area contributed by atoms with Crippen molar-refractivity contribution in [1.82, 2.24) is 16.0 Å². The predicted octanol–water partition coefficient (Wildman–Crippen LogP) is 0.0630. The van der Waals surface area contributed by atoms with Gasteiger partial charge in [0.1, 0.15) is 18.1 Å². The maximum absolute atomic E-state index is 13.3. The van der Waals surface area contributed by atoms with Crippen molar-refractivity contribution in [3.05, 3.63) is 35.9 Å². The van der Waals surface area contributed by atoms with E-state index in [1.165, 1.54) is 0 Å². The lowest BCUT2D eigenvalue weighted by Gasteiger charge is -2.28. The molecule has 0 aromatic heterocycles. The van der Waals surface area contributed by atoms with Crippen LogP contribution in [0.15, 0.2) is 30.3 Å². The molecule has 0 aliphatic rings. The van der Waals surface area contributed by atoms with Gasteiger partial charge < -0.3 is 32.5 Å². The standard InChI is InChI=1S/C25H39N5O6/c1-5-15(4)21(24(34)28-17(25(35)36)11-12-19(26)31)30-22(32)18(13-16-9-7-6-8-10-16)29-23(33)20(27)14(2)3/h6-10,14-15,17-18,20-21H,5,11-13,27H2,1-4H3,(H2,26,31)(H,28,34)(H,29,33)(H,30,32)(H,35,36). The van der Waals surface area contributed by atoms with E-state index in [1.54, 1.807) is 32.9 Å². The second-order valence-electron chi connectivity index (χ2n) is 9.30. The summed E-state index contributed by atoms with van der Waals surface area (Å²) in [6.07, 6.45) is 0.260. The van der Waals surface area contributed by atoms with Crippen LogP contribution < -0.4 is 27.4 Å². The quantitative estimate of drug-likeness (QED) is 0.194. The largest absolute Gasteiger partial charge is 0.480 e. The van der Waals surface area contributed by atoms with E-state index >= 15 is 0 Å². The molecular weight excluding hydrogens is 466 g/mol. The van der Waals surface area contributed by atoms with E-state index in [0.717, 1.165) is 5.56 Å². The van der Waals surface area contributed by atoms with Gasteiger partial charge in [-0.2, -0.15) is 0 Å². The van der Waals surface area contributed by atoms with Crippen molar-refractivity contribution in [3.8, 4) is 0 Å². The van der Waals surface area contributed by atoms with E-state index in [4.69, 9.17) is 11.5 Å². The summed E-state index contributed by atoms with van der Waals surface area (Å²) in [6.45, 7) is 7.14. The van der Waals surface area contributed by atoms with Gasteiger partial charge in [-0.05, 0) is 23.8 Å². The van der Waals surface area contributed by atoms with Crippen molar-refractivity contribution >= 4 is 29.6 Å². The van der Waals surface area contributed by atoms with Crippen molar-refractivity contribution in [2.24, 2.45) is 23.3 Å². The molecule has 1 rings (SSSR count). The van der Waals surface area contributed by atoms with Gasteiger partial charge in [-0.3, -0.25) is 19.2 Å². The minimum atomic E-state index is -1.35. The molecule has 8 N–H and O–H groups in total. The molecule has 200 valence electrons. The maximum atomic E-state index is 13.3. The van der Waals surface area contributed by atoms with Crippen LogP contribution in [-0.4, -0.2) is 58.9 Å². The average Bonchev–Trinajstić information content (AvgIpc) is 2.83. The summed E-state index contributed by atoms with van der Waals surface area (Å²) in [7, 11) is 0. The van der Waals surface area contributed by atoms with Gasteiger partial charge >= 0.3 is 5.97 Å². The highest BCUT2D eigenvalue weighted by atomic mass is 16.4. The van der Waals surface area contributed by atoms with Gasteiger partial charge in [-0.15, -0.1) is 0 Å². The molecule has 5 atom stereocenters. The second kappa shape index (κ2) is 14.8. The van der Waals surface area contributed by atoms with Crippen LogP contribution in [0.25, 0.3) is 0 Å². The first-order chi connectivity index (χ1) is 16.9. The minimum Gasteiger partial charge on any atom is -0.480 e. The second-order valence-corrected chi connectivity index (χ2v) is 9.30. The Morgan fingerprint density at radius 1 is 0.889 bits per heavy atom. The van der Waals surface area contributed by atoms with Gasteiger partial charge in [0.05, 0.1) is 6.04 Å². The molecule has 0 saturated carbocycles. The zero-order valence-corrected chi connectivity index (χ0v) is 21.3. The van der Waals surface area contributed by atoms with Crippen LogP contribution >= 0.6 is 0 Å². The fourth-order valence-corrected chi connectivity index (χ4v) is 3.39. The average molecular weight is 506 g/mol. The Morgan fingerprint density at radius 2 is 1.47 bits per heavy atom. The molecule has 11 heteroatoms. The number of carboxylic acid groups (broad SMARTS) is 1. The fourth-order valence-electron chi connectivity index (χ4n) is 3.39. The van der Waals surface area contributed by atoms with Crippen molar-refractivity contribution in [1.29, 1.82) is 0 Å². The van der Waals surface area contributed by atoms with Gasteiger partial charge in [-0.25, -0.2) is 4.79 Å². The Balaban J connectivity index is 3.12. The zero-order chi connectivity index (χ0) is 27.4. The van der Waals surface area contributed by atoms with E-state index < -0.39 is 53.8 Å². The summed E-state index contributed by atoms with van der Waals surface area (Å²) in [6, 6.07) is 4.78. The molecular formula is C25H39N5O6. The highest BCUT2D eigenvalue weighted by molar-refractivity contribution is 5.94. The van der Waals surface area contributed by atoms with Crippen LogP contribution in [0.3, 0.4) is 0 Å². The van der Waals surface area contributed by atoms with Crippen LogP contribution in [0.5, 0.6) is 0 Å². The van der Waals surface area contributed by atoms with Crippen molar-refractivity contribution < 1.29 is 29.1 Å². The molecule has 0 aliphatic carbocycles. The Labute approximate surface area is 211 Å². The molecule has 36 heavy (non-hydrogen) atoms. The molecule has 5 unspecified atom stereocenters. The number of aliphatic carboxylic acids is 1. The first-order valence-electron chi connectivity index (χ1n) is 12.1. The van der Waals surface area contributed by atoms with Gasteiger partial charge in [0.15, 0.2) is 0 Å². The Kier molecular flexibility index (Phi) is 12.6. The van der Waals surface area contributed by atoms with Crippen molar-refractivity contribution in [3.63, 3.8) is 0 Å². The molecule has 0 fully saturated rings. The van der Waals surface area contributed by atoms with E-state index in [2.05, 4.69) is 16.0 Å². The summed E-state index contributed by atoms with van der Waals surface area (Å²) < 4.78 is 0. The first-order valence-corrected chi connectivity index (χ1v) is 12.1. The summed E-state index contributed by atoms with van der Waals surface area (Å²) in [5.41, 5.74) is 11.8. The summed E-state index contributed by atoms with van der Waals surface area (Å²) >= 11 is 0. The lowest BCUT2D eigenvalue weighted by Crippen LogP contribution is -2.59. The number of carboxylic acids is 1. The summed E-state index contributed by atoms with van der Waals surface area (Å²) in [4.78, 5) is 61.6. The highest BCUT2D eigenvalue weighted by Crippen LogP contribution is 2.12. The number of rotatable bonds is 15. The van der Waals surface area contributed by atoms with Crippen molar-refractivity contribution in [2.75, 3.05) is 0 Å². The van der Waals surface area contributed by atoms with Crippen LogP contribution in [0.4, 0.5) is 0 Å². The van der Waals surface area contributed by atoms with Gasteiger partial charge in [0.2, 0.25) is 23.6 Å². The molecule has 4 amide bonds. The van der Waals surface area contributed by atoms with Crippen LogP contribution in [0.1, 0.15) is 52.5 Å². The third kappa shape index (κ3) is 10.0. The number of hydrogen-bond acceptors (Lipinski definition) is 6. The molecule has 1 aromatic rings. The topological polar surface area (TPSA) is 194 Å². The Morgan fingerprint density at radius 3 is 1.97 bits per heavy atom. The molecule has 0 saturated heterocycles. The minimum absolute atomic E-state index is 0.155. The molecule has 0 aliphatic heterocycles. The van der Waals surface area contributed by atoms with Crippen molar-refractivity contribution in [2.45, 2.75) is 77.5 Å². The number of benzene rings is 1. The molecule has 0 spiro atoms. The molecule has 11 nitrogen and oxygen atoms in total. The number of carbonyl (C=O) groups is 5. The van der Waals surface area contributed by atoms with Gasteiger partial charge in [0.25, 0.3) is 0 Å². The first kappa shape index (κ1) is 30.6. The lowest BCUT2D eigenvalue weighted by atomic mass is 9.96. The Hall–Kier alpha value is -3.47. The highest BCUT2D eigenvalue weighted by Gasteiger charge is 2.33. The molecule has 0 heterocycles. The number of carbonyl (C=O) groups excluding carboxylic acids is 4. The predicted molar refractivity (Wildman–Crippen MR) is 134 cm³/mol. The number of primary amides is 1. The van der Waals surface area contributed by atoms with E-state index in [-0.39, 0.29) is 31.1 Å². The van der Waals surface area contributed by atoms with E-state index in [9.17, 15) is 29.1 Å². The van der Waals surface area contributed by atoms with Crippen LogP contribution in [0.2, 0.25) is 0 Å². The normalized spacial score (nSPS) is 15.2. The third-order valence-corrected chi connectivity index (χ3v) is 6.02. The number of amides is 4.